The first-order chi connectivity index (χ1) is 13.0. The molecule has 3 rings (SSSR count). The molecule has 0 N–H and O–H groups in total. The van der Waals surface area contributed by atoms with Gasteiger partial charge in [-0.3, -0.25) is 0 Å². The van der Waals surface area contributed by atoms with Gasteiger partial charge in [0.2, 0.25) is 5.88 Å². The topological polar surface area (TPSA) is 52.9 Å². The molecular weight excluding hydrogens is 434 g/mol. The van der Waals surface area contributed by atoms with Crippen LogP contribution in [0.15, 0.2) is 52.3 Å². The fourth-order valence-electron chi connectivity index (χ4n) is 2.32. The van der Waals surface area contributed by atoms with E-state index in [9.17, 15) is 0 Å². The molecule has 1 aliphatic heterocycles. The van der Waals surface area contributed by atoms with E-state index in [2.05, 4.69) is 10.1 Å². The third kappa shape index (κ3) is 5.91. The number of hydrogen-bond donors (Lipinski definition) is 0. The number of benzene rings is 1. The van der Waals surface area contributed by atoms with Crippen LogP contribution in [0.3, 0.4) is 0 Å². The SMILES string of the molecule is ClC(Cl)=CCOc1ccc(Cl)c(C2=NOC(COc3ccc(Cl)cn3)C2)c1. The monoisotopic (exact) mass is 446 g/mol. The molecular formula is C18H14Cl4N2O3. The fraction of sp³-hybridized carbons (Fsp3) is 0.222. The summed E-state index contributed by atoms with van der Waals surface area (Å²) in [5.74, 6) is 1.09. The van der Waals surface area contributed by atoms with E-state index in [1.54, 1.807) is 36.4 Å². The Labute approximate surface area is 176 Å². The van der Waals surface area contributed by atoms with Gasteiger partial charge in [0.1, 0.15) is 23.5 Å². The normalized spacial score (nSPS) is 15.7. The molecule has 1 atom stereocenters. The molecule has 0 saturated heterocycles. The second-order valence-corrected chi connectivity index (χ2v) is 7.39. The standard InChI is InChI=1S/C18H14Cl4N2O3/c19-11-1-4-18(23-9-11)26-10-13-8-16(24-27-13)14-7-12(2-3-15(14)20)25-6-5-17(21)22/h1-5,7,9,13H,6,8,10H2. The lowest BCUT2D eigenvalue weighted by Gasteiger charge is -2.10. The molecule has 0 spiro atoms. The molecule has 0 fully saturated rings. The van der Waals surface area contributed by atoms with Gasteiger partial charge in [-0.1, -0.05) is 51.6 Å². The van der Waals surface area contributed by atoms with Crippen molar-refractivity contribution in [2.45, 2.75) is 12.5 Å². The van der Waals surface area contributed by atoms with Crippen LogP contribution in [0.2, 0.25) is 10.0 Å². The van der Waals surface area contributed by atoms with E-state index in [0.29, 0.717) is 40.4 Å². The van der Waals surface area contributed by atoms with Gasteiger partial charge in [0.25, 0.3) is 0 Å². The fourth-order valence-corrected chi connectivity index (χ4v) is 2.78. The summed E-state index contributed by atoms with van der Waals surface area (Å²) in [6.45, 7) is 0.547. The second-order valence-electron chi connectivity index (χ2n) is 5.54. The van der Waals surface area contributed by atoms with Crippen molar-refractivity contribution in [3.05, 3.63) is 62.7 Å². The molecule has 1 aromatic heterocycles. The number of aromatic nitrogens is 1. The maximum Gasteiger partial charge on any atom is 0.213 e. The van der Waals surface area contributed by atoms with Crippen molar-refractivity contribution in [3.63, 3.8) is 0 Å². The van der Waals surface area contributed by atoms with Crippen LogP contribution in [-0.4, -0.2) is 30.0 Å². The lowest BCUT2D eigenvalue weighted by Crippen LogP contribution is -2.18. The smallest absolute Gasteiger partial charge is 0.213 e. The van der Waals surface area contributed by atoms with E-state index in [1.165, 1.54) is 6.20 Å². The van der Waals surface area contributed by atoms with Gasteiger partial charge >= 0.3 is 0 Å². The van der Waals surface area contributed by atoms with Crippen molar-refractivity contribution in [3.8, 4) is 11.6 Å². The zero-order valence-electron chi connectivity index (χ0n) is 13.9. The second kappa shape index (κ2) is 9.51. The first-order valence-electron chi connectivity index (χ1n) is 7.92. The van der Waals surface area contributed by atoms with E-state index in [1.807, 2.05) is 0 Å². The molecule has 5 nitrogen and oxygen atoms in total. The summed E-state index contributed by atoms with van der Waals surface area (Å²) in [5, 5.41) is 5.22. The number of ether oxygens (including phenoxy) is 2. The Morgan fingerprint density at radius 2 is 2.04 bits per heavy atom. The van der Waals surface area contributed by atoms with Gasteiger partial charge in [-0.15, -0.1) is 0 Å². The van der Waals surface area contributed by atoms with Crippen molar-refractivity contribution >= 4 is 52.1 Å². The first kappa shape index (κ1) is 20.1. The third-order valence-electron chi connectivity index (χ3n) is 3.59. The lowest BCUT2D eigenvalue weighted by molar-refractivity contribution is 0.0457. The predicted molar refractivity (Wildman–Crippen MR) is 108 cm³/mol. The molecule has 0 radical (unpaired) electrons. The molecule has 0 saturated carbocycles. The van der Waals surface area contributed by atoms with Gasteiger partial charge in [0.15, 0.2) is 6.10 Å². The number of halogens is 4. The minimum Gasteiger partial charge on any atom is -0.489 e. The summed E-state index contributed by atoms with van der Waals surface area (Å²) >= 11 is 23.2. The van der Waals surface area contributed by atoms with Crippen molar-refractivity contribution in [1.82, 2.24) is 4.98 Å². The Kier molecular flexibility index (Phi) is 7.07. The molecule has 27 heavy (non-hydrogen) atoms. The maximum absolute atomic E-state index is 6.30. The molecule has 1 unspecified atom stereocenters. The van der Waals surface area contributed by atoms with E-state index < -0.39 is 0 Å². The predicted octanol–water partition coefficient (Wildman–Crippen LogP) is 5.66. The van der Waals surface area contributed by atoms with Gasteiger partial charge in [0, 0.05) is 24.2 Å². The van der Waals surface area contributed by atoms with Crippen LogP contribution in [0.1, 0.15) is 12.0 Å². The summed E-state index contributed by atoms with van der Waals surface area (Å²) in [4.78, 5) is 9.51. The number of rotatable bonds is 7. The summed E-state index contributed by atoms with van der Waals surface area (Å²) in [5.41, 5.74) is 1.45. The third-order valence-corrected chi connectivity index (χ3v) is 4.45. The van der Waals surface area contributed by atoms with Crippen molar-refractivity contribution in [2.75, 3.05) is 13.2 Å². The van der Waals surface area contributed by atoms with Crippen molar-refractivity contribution in [2.24, 2.45) is 5.16 Å². The van der Waals surface area contributed by atoms with E-state index in [-0.39, 0.29) is 17.2 Å². The molecule has 0 amide bonds. The molecule has 9 heteroatoms. The molecule has 1 aliphatic rings. The average molecular weight is 448 g/mol. The summed E-state index contributed by atoms with van der Waals surface area (Å²) in [6.07, 6.45) is 3.37. The van der Waals surface area contributed by atoms with Crippen LogP contribution in [0.25, 0.3) is 0 Å². The highest BCUT2D eigenvalue weighted by atomic mass is 35.5. The zero-order valence-corrected chi connectivity index (χ0v) is 16.9. The minimum absolute atomic E-state index is 0.149. The van der Waals surface area contributed by atoms with Gasteiger partial charge in [0.05, 0.1) is 15.8 Å². The number of pyridine rings is 1. The molecule has 2 heterocycles. The van der Waals surface area contributed by atoms with Crippen molar-refractivity contribution < 1.29 is 14.3 Å². The number of hydrogen-bond acceptors (Lipinski definition) is 5. The van der Waals surface area contributed by atoms with Crippen LogP contribution in [0.4, 0.5) is 0 Å². The Morgan fingerprint density at radius 3 is 2.78 bits per heavy atom. The zero-order chi connectivity index (χ0) is 19.2. The van der Waals surface area contributed by atoms with E-state index in [4.69, 9.17) is 60.7 Å². The quantitative estimate of drug-likeness (QED) is 0.549. The Morgan fingerprint density at radius 1 is 1.19 bits per heavy atom. The van der Waals surface area contributed by atoms with Crippen LogP contribution in [0.5, 0.6) is 11.6 Å². The summed E-state index contributed by atoms with van der Waals surface area (Å²) in [6, 6.07) is 8.69. The molecule has 2 aromatic rings. The first-order valence-corrected chi connectivity index (χ1v) is 9.43. The average Bonchev–Trinajstić information content (AvgIpc) is 3.11. The Balaban J connectivity index is 1.58. The van der Waals surface area contributed by atoms with Crippen LogP contribution in [-0.2, 0) is 4.84 Å². The number of oxime groups is 1. The highest BCUT2D eigenvalue weighted by Gasteiger charge is 2.25. The highest BCUT2D eigenvalue weighted by Crippen LogP contribution is 2.27. The molecule has 0 bridgehead atoms. The van der Waals surface area contributed by atoms with Crippen molar-refractivity contribution in [1.29, 1.82) is 0 Å². The molecule has 1 aromatic carbocycles. The lowest BCUT2D eigenvalue weighted by atomic mass is 10.0. The van der Waals surface area contributed by atoms with Gasteiger partial charge < -0.3 is 14.3 Å². The van der Waals surface area contributed by atoms with Crippen LogP contribution >= 0.6 is 46.4 Å². The van der Waals surface area contributed by atoms with Crippen LogP contribution < -0.4 is 9.47 Å². The Bertz CT molecular complexity index is 852. The van der Waals surface area contributed by atoms with Gasteiger partial charge in [-0.05, 0) is 30.3 Å². The highest BCUT2D eigenvalue weighted by molar-refractivity contribution is 6.55. The maximum atomic E-state index is 6.30. The Hall–Kier alpha value is -1.66. The van der Waals surface area contributed by atoms with E-state index >= 15 is 0 Å². The minimum atomic E-state index is -0.240. The van der Waals surface area contributed by atoms with Gasteiger partial charge in [-0.2, -0.15) is 0 Å². The van der Waals surface area contributed by atoms with Crippen LogP contribution in [0, 0.1) is 0 Å². The molecule has 0 aliphatic carbocycles. The summed E-state index contributed by atoms with van der Waals surface area (Å²) in [7, 11) is 0. The van der Waals surface area contributed by atoms with Gasteiger partial charge in [-0.25, -0.2) is 4.98 Å². The number of nitrogens with zero attached hydrogens (tertiary/aromatic N) is 2. The summed E-state index contributed by atoms with van der Waals surface area (Å²) < 4.78 is 11.3. The molecule has 142 valence electrons. The largest absolute Gasteiger partial charge is 0.489 e. The van der Waals surface area contributed by atoms with E-state index in [0.717, 1.165) is 5.56 Å².